The first-order valence-electron chi connectivity index (χ1n) is 10.0. The Kier molecular flexibility index (Phi) is 5.11. The van der Waals surface area contributed by atoms with Crippen LogP contribution in [0.2, 0.25) is 5.02 Å². The Morgan fingerprint density at radius 1 is 1.23 bits per heavy atom. The van der Waals surface area contributed by atoms with Crippen LogP contribution in [-0.4, -0.2) is 34.2 Å². The van der Waals surface area contributed by atoms with E-state index in [-0.39, 0.29) is 24.9 Å². The summed E-state index contributed by atoms with van der Waals surface area (Å²) in [5, 5.41) is 9.68. The fraction of sp³-hybridized carbons (Fsp3) is 0.261. The van der Waals surface area contributed by atoms with Gasteiger partial charge in [-0.1, -0.05) is 23.7 Å². The highest BCUT2D eigenvalue weighted by molar-refractivity contribution is 6.33. The lowest BCUT2D eigenvalue weighted by molar-refractivity contribution is -0.132. The maximum absolute atomic E-state index is 13.1. The number of rotatable bonds is 7. The van der Waals surface area contributed by atoms with Crippen molar-refractivity contribution in [2.24, 2.45) is 0 Å². The van der Waals surface area contributed by atoms with Gasteiger partial charge in [-0.25, -0.2) is 0 Å². The number of carbonyl (C=O) groups is 1. The highest BCUT2D eigenvalue weighted by Gasteiger charge is 2.34. The van der Waals surface area contributed by atoms with Crippen LogP contribution < -0.4 is 4.74 Å². The van der Waals surface area contributed by atoms with E-state index in [0.29, 0.717) is 33.7 Å². The number of amides is 1. The molecule has 0 saturated heterocycles. The van der Waals surface area contributed by atoms with E-state index in [1.807, 2.05) is 41.3 Å². The second kappa shape index (κ2) is 8.07. The zero-order chi connectivity index (χ0) is 21.4. The molecule has 0 spiro atoms. The van der Waals surface area contributed by atoms with Crippen LogP contribution in [0, 0.1) is 0 Å². The fourth-order valence-corrected chi connectivity index (χ4v) is 3.82. The number of furan rings is 1. The molecule has 8 heteroatoms. The van der Waals surface area contributed by atoms with Crippen LogP contribution in [0.4, 0.5) is 0 Å². The molecule has 5 rings (SSSR count). The van der Waals surface area contributed by atoms with Crippen molar-refractivity contribution in [1.29, 1.82) is 0 Å². The van der Waals surface area contributed by atoms with Crippen LogP contribution in [0.3, 0.4) is 0 Å². The summed E-state index contributed by atoms with van der Waals surface area (Å²) in [4.78, 5) is 15.0. The molecular formula is C23H20ClN3O4. The Hall–Kier alpha value is -3.32. The van der Waals surface area contributed by atoms with Crippen molar-refractivity contribution in [1.82, 2.24) is 15.1 Å². The van der Waals surface area contributed by atoms with Crippen LogP contribution in [0.1, 0.15) is 24.3 Å². The zero-order valence-electron chi connectivity index (χ0n) is 16.9. The number of aromatic nitrogens is 2. The van der Waals surface area contributed by atoms with Gasteiger partial charge in [0, 0.05) is 23.1 Å². The maximum Gasteiger partial charge on any atom is 0.249 e. The van der Waals surface area contributed by atoms with Gasteiger partial charge in [-0.3, -0.25) is 4.79 Å². The molecule has 7 nitrogen and oxygen atoms in total. The molecule has 4 aromatic rings. The Balaban J connectivity index is 1.34. The third-order valence-electron chi connectivity index (χ3n) is 5.39. The standard InChI is InChI=1S/C23H20ClN3O4/c1-29-16-8-9-17-14(13-30-20(17)11-16)10-22(28)27(15-6-7-15)12-21-25-26-23(31-21)18-4-2-3-5-19(18)24/h2-5,8-9,11,13,15H,6-7,10,12H2,1H3. The highest BCUT2D eigenvalue weighted by atomic mass is 35.5. The SMILES string of the molecule is COc1ccc2c(CC(=O)N(Cc3nnc(-c4ccccc4Cl)o3)C3CC3)coc2c1. The van der Waals surface area contributed by atoms with Crippen LogP contribution in [0.25, 0.3) is 22.4 Å². The minimum absolute atomic E-state index is 0.00138. The Bertz CT molecular complexity index is 1240. The minimum Gasteiger partial charge on any atom is -0.497 e. The molecular weight excluding hydrogens is 418 g/mol. The van der Waals surface area contributed by atoms with E-state index in [1.165, 1.54) is 0 Å². The topological polar surface area (TPSA) is 81.6 Å². The Morgan fingerprint density at radius 2 is 2.06 bits per heavy atom. The van der Waals surface area contributed by atoms with Crippen molar-refractivity contribution in [2.75, 3.05) is 7.11 Å². The van der Waals surface area contributed by atoms with Gasteiger partial charge < -0.3 is 18.5 Å². The summed E-state index contributed by atoms with van der Waals surface area (Å²) in [5.41, 5.74) is 2.21. The van der Waals surface area contributed by atoms with E-state index in [2.05, 4.69) is 10.2 Å². The molecule has 1 aliphatic rings. The molecule has 0 atom stereocenters. The van der Waals surface area contributed by atoms with Crippen molar-refractivity contribution < 1.29 is 18.4 Å². The summed E-state index contributed by atoms with van der Waals surface area (Å²) in [5.74, 6) is 1.44. The molecule has 0 unspecified atom stereocenters. The Labute approximate surface area is 183 Å². The first kappa shape index (κ1) is 19.6. The van der Waals surface area contributed by atoms with Crippen molar-refractivity contribution in [3.05, 3.63) is 65.2 Å². The number of carbonyl (C=O) groups excluding carboxylic acids is 1. The number of halogens is 1. The normalized spacial score (nSPS) is 13.5. The number of hydrogen-bond donors (Lipinski definition) is 0. The molecule has 158 valence electrons. The number of fused-ring (bicyclic) bond motifs is 1. The first-order chi connectivity index (χ1) is 15.1. The number of hydrogen-bond acceptors (Lipinski definition) is 6. The number of methoxy groups -OCH3 is 1. The van der Waals surface area contributed by atoms with E-state index in [4.69, 9.17) is 25.2 Å². The molecule has 31 heavy (non-hydrogen) atoms. The molecule has 1 saturated carbocycles. The van der Waals surface area contributed by atoms with Gasteiger partial charge >= 0.3 is 0 Å². The van der Waals surface area contributed by atoms with Gasteiger partial charge in [0.1, 0.15) is 11.3 Å². The van der Waals surface area contributed by atoms with E-state index in [1.54, 1.807) is 19.4 Å². The van der Waals surface area contributed by atoms with Gasteiger partial charge in [0.15, 0.2) is 0 Å². The monoisotopic (exact) mass is 437 g/mol. The number of nitrogens with zero attached hydrogens (tertiary/aromatic N) is 3. The first-order valence-corrected chi connectivity index (χ1v) is 10.4. The van der Waals surface area contributed by atoms with Gasteiger partial charge in [-0.2, -0.15) is 0 Å². The quantitative estimate of drug-likeness (QED) is 0.410. The van der Waals surface area contributed by atoms with Crippen molar-refractivity contribution in [2.45, 2.75) is 31.8 Å². The number of ether oxygens (including phenoxy) is 1. The average molecular weight is 438 g/mol. The lowest BCUT2D eigenvalue weighted by Gasteiger charge is -2.20. The minimum atomic E-state index is -0.00138. The molecule has 1 aliphatic carbocycles. The van der Waals surface area contributed by atoms with E-state index >= 15 is 0 Å². The van der Waals surface area contributed by atoms with Crippen molar-refractivity contribution in [3.8, 4) is 17.2 Å². The summed E-state index contributed by atoms with van der Waals surface area (Å²) in [6.45, 7) is 0.268. The van der Waals surface area contributed by atoms with Crippen LogP contribution in [0.5, 0.6) is 5.75 Å². The van der Waals surface area contributed by atoms with Crippen molar-refractivity contribution >= 4 is 28.5 Å². The second-order valence-electron chi connectivity index (χ2n) is 7.53. The molecule has 1 amide bonds. The van der Waals surface area contributed by atoms with Gasteiger partial charge in [-0.05, 0) is 37.1 Å². The summed E-state index contributed by atoms with van der Waals surface area (Å²) in [6, 6.07) is 13.1. The molecule has 0 bridgehead atoms. The Morgan fingerprint density at radius 3 is 2.84 bits per heavy atom. The lowest BCUT2D eigenvalue weighted by Crippen LogP contribution is -2.33. The third-order valence-corrected chi connectivity index (χ3v) is 5.72. The van der Waals surface area contributed by atoms with Crippen molar-refractivity contribution in [3.63, 3.8) is 0 Å². The third kappa shape index (κ3) is 4.01. The lowest BCUT2D eigenvalue weighted by atomic mass is 10.1. The summed E-state index contributed by atoms with van der Waals surface area (Å²) in [6.07, 6.45) is 3.82. The molecule has 0 N–H and O–H groups in total. The van der Waals surface area contributed by atoms with Gasteiger partial charge in [0.05, 0.1) is 36.9 Å². The van der Waals surface area contributed by atoms with Gasteiger partial charge in [-0.15, -0.1) is 10.2 Å². The summed E-state index contributed by atoms with van der Waals surface area (Å²) < 4.78 is 16.7. The predicted molar refractivity (Wildman–Crippen MR) is 115 cm³/mol. The molecule has 1 fully saturated rings. The van der Waals surface area contributed by atoms with Crippen LogP contribution >= 0.6 is 11.6 Å². The molecule has 0 aliphatic heterocycles. The zero-order valence-corrected chi connectivity index (χ0v) is 17.6. The second-order valence-corrected chi connectivity index (χ2v) is 7.94. The van der Waals surface area contributed by atoms with E-state index in [0.717, 1.165) is 23.8 Å². The largest absolute Gasteiger partial charge is 0.497 e. The maximum atomic E-state index is 13.1. The molecule has 2 aromatic carbocycles. The van der Waals surface area contributed by atoms with Crippen LogP contribution in [0.15, 0.2) is 57.6 Å². The van der Waals surface area contributed by atoms with Crippen LogP contribution in [-0.2, 0) is 17.8 Å². The average Bonchev–Trinajstić information content (AvgIpc) is 3.39. The van der Waals surface area contributed by atoms with Gasteiger partial charge in [0.25, 0.3) is 0 Å². The smallest absolute Gasteiger partial charge is 0.249 e. The van der Waals surface area contributed by atoms with Gasteiger partial charge in [0.2, 0.25) is 17.7 Å². The predicted octanol–water partition coefficient (Wildman–Crippen LogP) is 4.88. The van der Waals surface area contributed by atoms with E-state index in [9.17, 15) is 4.79 Å². The molecule has 2 aromatic heterocycles. The fourth-order valence-electron chi connectivity index (χ4n) is 3.61. The van der Waals surface area contributed by atoms with E-state index < -0.39 is 0 Å². The number of benzene rings is 2. The molecule has 2 heterocycles. The summed E-state index contributed by atoms with van der Waals surface area (Å²) in [7, 11) is 1.61. The highest BCUT2D eigenvalue weighted by Crippen LogP contribution is 2.32. The summed E-state index contributed by atoms with van der Waals surface area (Å²) >= 11 is 6.22. The molecule has 0 radical (unpaired) electrons.